The summed E-state index contributed by atoms with van der Waals surface area (Å²) < 4.78 is 0. The molecule has 0 unspecified atom stereocenters. The number of fused-ring (bicyclic) bond motifs is 6. The van der Waals surface area contributed by atoms with E-state index < -0.39 is 0 Å². The highest BCUT2D eigenvalue weighted by molar-refractivity contribution is 6.25. The van der Waals surface area contributed by atoms with Crippen LogP contribution in [0.15, 0.2) is 103 Å². The molecule has 2 nitrogen and oxygen atoms in total. The third-order valence-electron chi connectivity index (χ3n) is 6.31. The Hall–Kier alpha value is -4.04. The Morgan fingerprint density at radius 2 is 1.27 bits per heavy atom. The lowest BCUT2D eigenvalue weighted by atomic mass is 9.89. The Labute approximate surface area is 174 Å². The molecule has 1 N–H and O–H groups in total. The predicted molar refractivity (Wildman–Crippen MR) is 127 cm³/mol. The normalized spacial score (nSPS) is 12.6. The maximum Gasteiger partial charge on any atom is 0.0547 e. The first-order chi connectivity index (χ1) is 14.9. The zero-order valence-corrected chi connectivity index (χ0v) is 16.3. The van der Waals surface area contributed by atoms with Crippen molar-refractivity contribution in [3.63, 3.8) is 0 Å². The van der Waals surface area contributed by atoms with E-state index in [2.05, 4.69) is 113 Å². The summed E-state index contributed by atoms with van der Waals surface area (Å²) in [6.45, 7) is 0. The molecule has 0 aliphatic carbocycles. The first kappa shape index (κ1) is 15.8. The second-order valence-corrected chi connectivity index (χ2v) is 7.91. The molecule has 1 aromatic heterocycles. The van der Waals surface area contributed by atoms with Crippen LogP contribution in [0.2, 0.25) is 0 Å². The van der Waals surface area contributed by atoms with Crippen LogP contribution < -0.4 is 4.90 Å². The molecule has 0 spiro atoms. The van der Waals surface area contributed by atoms with Gasteiger partial charge < -0.3 is 9.88 Å². The molecule has 30 heavy (non-hydrogen) atoms. The Morgan fingerprint density at radius 3 is 2.20 bits per heavy atom. The maximum absolute atomic E-state index is 3.68. The third-order valence-corrected chi connectivity index (χ3v) is 6.31. The predicted octanol–water partition coefficient (Wildman–Crippen LogP) is 7.92. The SMILES string of the molecule is c1ccc(N2c3ccccc3-c3cc4c5ccccc5[nH]c4c4cccc2c34)cc1. The van der Waals surface area contributed by atoms with Crippen LogP contribution in [-0.4, -0.2) is 4.98 Å². The van der Waals surface area contributed by atoms with Gasteiger partial charge in [-0.1, -0.05) is 66.7 Å². The fourth-order valence-electron chi connectivity index (χ4n) is 5.05. The third kappa shape index (κ3) is 1.98. The molecule has 1 aliphatic rings. The molecule has 7 rings (SSSR count). The van der Waals surface area contributed by atoms with Crippen molar-refractivity contribution in [1.29, 1.82) is 0 Å². The van der Waals surface area contributed by atoms with Gasteiger partial charge in [0.15, 0.2) is 0 Å². The minimum atomic E-state index is 1.18. The van der Waals surface area contributed by atoms with Gasteiger partial charge in [-0.05, 0) is 42.0 Å². The summed E-state index contributed by atoms with van der Waals surface area (Å²) in [5.74, 6) is 0. The fraction of sp³-hybridized carbons (Fsp3) is 0. The van der Waals surface area contributed by atoms with Crippen LogP contribution in [-0.2, 0) is 0 Å². The molecule has 1 aliphatic heterocycles. The Kier molecular flexibility index (Phi) is 3.03. The van der Waals surface area contributed by atoms with Crippen LogP contribution in [0.25, 0.3) is 43.7 Å². The lowest BCUT2D eigenvalue weighted by Crippen LogP contribution is -2.14. The molecule has 0 saturated carbocycles. The number of aromatic amines is 1. The zero-order chi connectivity index (χ0) is 19.7. The molecular formula is C28H18N2. The van der Waals surface area contributed by atoms with Gasteiger partial charge in [-0.15, -0.1) is 0 Å². The van der Waals surface area contributed by atoms with E-state index in [-0.39, 0.29) is 0 Å². The fourth-order valence-corrected chi connectivity index (χ4v) is 5.05. The van der Waals surface area contributed by atoms with Crippen molar-refractivity contribution < 1.29 is 0 Å². The van der Waals surface area contributed by atoms with Crippen molar-refractivity contribution in [2.45, 2.75) is 0 Å². The summed E-state index contributed by atoms with van der Waals surface area (Å²) in [4.78, 5) is 6.07. The number of nitrogens with zero attached hydrogens (tertiary/aromatic N) is 1. The number of para-hydroxylation sites is 3. The van der Waals surface area contributed by atoms with E-state index in [9.17, 15) is 0 Å². The number of H-pyrrole nitrogens is 1. The zero-order valence-electron chi connectivity index (χ0n) is 16.3. The minimum Gasteiger partial charge on any atom is -0.354 e. The van der Waals surface area contributed by atoms with Crippen LogP contribution in [0.3, 0.4) is 0 Å². The highest BCUT2D eigenvalue weighted by atomic mass is 15.2. The van der Waals surface area contributed by atoms with E-state index in [1.54, 1.807) is 0 Å². The minimum absolute atomic E-state index is 1.18. The van der Waals surface area contributed by atoms with Crippen LogP contribution in [0.1, 0.15) is 0 Å². The second-order valence-electron chi connectivity index (χ2n) is 7.91. The van der Waals surface area contributed by atoms with Crippen LogP contribution in [0.5, 0.6) is 0 Å². The summed E-state index contributed by atoms with van der Waals surface area (Å²) >= 11 is 0. The monoisotopic (exact) mass is 382 g/mol. The molecular weight excluding hydrogens is 364 g/mol. The van der Waals surface area contributed by atoms with Gasteiger partial charge >= 0.3 is 0 Å². The molecule has 5 aromatic carbocycles. The van der Waals surface area contributed by atoms with Gasteiger partial charge in [-0.25, -0.2) is 0 Å². The van der Waals surface area contributed by atoms with Crippen molar-refractivity contribution in [1.82, 2.24) is 4.98 Å². The van der Waals surface area contributed by atoms with E-state index in [1.807, 2.05) is 0 Å². The molecule has 0 amide bonds. The molecule has 2 heteroatoms. The Morgan fingerprint density at radius 1 is 0.533 bits per heavy atom. The van der Waals surface area contributed by atoms with Crippen molar-refractivity contribution in [2.75, 3.05) is 4.90 Å². The van der Waals surface area contributed by atoms with Gasteiger partial charge in [0.1, 0.15) is 0 Å². The number of hydrogen-bond donors (Lipinski definition) is 1. The van der Waals surface area contributed by atoms with Gasteiger partial charge in [0, 0.05) is 38.3 Å². The van der Waals surface area contributed by atoms with Crippen LogP contribution in [0.4, 0.5) is 17.1 Å². The summed E-state index contributed by atoms with van der Waals surface area (Å²) in [5.41, 5.74) is 8.61. The topological polar surface area (TPSA) is 19.0 Å². The van der Waals surface area contributed by atoms with E-state index in [1.165, 1.54) is 60.8 Å². The number of hydrogen-bond acceptors (Lipinski definition) is 1. The van der Waals surface area contributed by atoms with E-state index in [0.717, 1.165) is 0 Å². The summed E-state index contributed by atoms with van der Waals surface area (Å²) in [5, 5.41) is 5.14. The lowest BCUT2D eigenvalue weighted by Gasteiger charge is -2.33. The largest absolute Gasteiger partial charge is 0.354 e. The van der Waals surface area contributed by atoms with Gasteiger partial charge in [0.25, 0.3) is 0 Å². The molecule has 140 valence electrons. The number of aromatic nitrogens is 1. The van der Waals surface area contributed by atoms with Gasteiger partial charge in [0.05, 0.1) is 16.9 Å². The first-order valence-corrected chi connectivity index (χ1v) is 10.3. The van der Waals surface area contributed by atoms with Crippen molar-refractivity contribution in [3.05, 3.63) is 103 Å². The molecule has 0 fully saturated rings. The van der Waals surface area contributed by atoms with Crippen LogP contribution in [0, 0.1) is 0 Å². The molecule has 0 radical (unpaired) electrons. The standard InChI is InChI=1S/C28H18N2/c1-2-9-18(10-3-1)30-25-15-7-5-12-20(25)22-17-23-19-11-4-6-14-24(19)29-28(23)21-13-8-16-26(30)27(21)22/h1-17,29H. The molecule has 2 heterocycles. The van der Waals surface area contributed by atoms with Gasteiger partial charge in [-0.3, -0.25) is 0 Å². The Bertz CT molecular complexity index is 1590. The average Bonchev–Trinajstić information content (AvgIpc) is 3.19. The van der Waals surface area contributed by atoms with Crippen molar-refractivity contribution in [3.8, 4) is 11.1 Å². The lowest BCUT2D eigenvalue weighted by molar-refractivity contribution is 1.29. The summed E-state index contributed by atoms with van der Waals surface area (Å²) in [7, 11) is 0. The number of benzene rings is 5. The average molecular weight is 382 g/mol. The van der Waals surface area contributed by atoms with Crippen molar-refractivity contribution >= 4 is 49.6 Å². The van der Waals surface area contributed by atoms with Crippen LogP contribution >= 0.6 is 0 Å². The van der Waals surface area contributed by atoms with Gasteiger partial charge in [0.2, 0.25) is 0 Å². The molecule has 0 atom stereocenters. The summed E-state index contributed by atoms with van der Waals surface area (Å²) in [6, 6.07) is 37.0. The van der Waals surface area contributed by atoms with Gasteiger partial charge in [-0.2, -0.15) is 0 Å². The maximum atomic E-state index is 3.68. The Balaban J connectivity index is 1.70. The molecule has 0 saturated heterocycles. The highest BCUT2D eigenvalue weighted by Gasteiger charge is 2.27. The van der Waals surface area contributed by atoms with E-state index in [4.69, 9.17) is 0 Å². The van der Waals surface area contributed by atoms with E-state index >= 15 is 0 Å². The number of anilines is 3. The first-order valence-electron chi connectivity index (χ1n) is 10.3. The second kappa shape index (κ2) is 5.74. The molecule has 6 aromatic rings. The number of rotatable bonds is 1. The smallest absolute Gasteiger partial charge is 0.0547 e. The summed E-state index contributed by atoms with van der Waals surface area (Å²) in [6.07, 6.45) is 0. The van der Waals surface area contributed by atoms with Crippen molar-refractivity contribution in [2.24, 2.45) is 0 Å². The van der Waals surface area contributed by atoms with E-state index in [0.29, 0.717) is 0 Å². The molecule has 0 bridgehead atoms. The quantitative estimate of drug-likeness (QED) is 0.305. The highest BCUT2D eigenvalue weighted by Crippen LogP contribution is 2.52. The number of nitrogens with one attached hydrogen (secondary N) is 1.